The number of unbranched alkanes of at least 4 members (excludes halogenated alkanes) is 2. The van der Waals surface area contributed by atoms with Crippen molar-refractivity contribution in [2.75, 3.05) is 51.8 Å². The molecule has 0 aromatic rings. The molecule has 0 aromatic carbocycles. The molecule has 14 heteroatoms. The van der Waals surface area contributed by atoms with Crippen molar-refractivity contribution in [3.05, 3.63) is 0 Å². The molecular formula is C29H45N3O10S. The minimum Gasteiger partial charge on any atom is -0.379 e. The Morgan fingerprint density at radius 3 is 2.00 bits per heavy atom. The molecule has 0 spiro atoms. The molecule has 1 atom stereocenters. The fraction of sp³-hybridized carbons (Fsp3) is 0.724. The second kappa shape index (κ2) is 20.1. The lowest BCUT2D eigenvalue weighted by Crippen LogP contribution is -2.50. The normalized spacial score (nSPS) is 15.0. The minimum atomic E-state index is -2.33. The molecule has 1 fully saturated rings. The highest BCUT2D eigenvalue weighted by molar-refractivity contribution is 8.00. The number of ketones is 4. The molecule has 1 saturated heterocycles. The van der Waals surface area contributed by atoms with Gasteiger partial charge in [0.05, 0.1) is 31.7 Å². The average Bonchev–Trinajstić information content (AvgIpc) is 3.20. The Kier molecular flexibility index (Phi) is 17.8. The summed E-state index contributed by atoms with van der Waals surface area (Å²) in [5, 5.41) is 4.72. The molecule has 242 valence electrons. The molecule has 0 saturated carbocycles. The van der Waals surface area contributed by atoms with Gasteiger partial charge < -0.3 is 20.1 Å². The third kappa shape index (κ3) is 12.3. The van der Waals surface area contributed by atoms with E-state index in [4.69, 9.17) is 9.47 Å². The number of carbonyl (C=O) groups is 8. The van der Waals surface area contributed by atoms with Gasteiger partial charge in [0.1, 0.15) is 0 Å². The molecule has 2 N–H and O–H groups in total. The van der Waals surface area contributed by atoms with E-state index < -0.39 is 45.6 Å². The van der Waals surface area contributed by atoms with Gasteiger partial charge in [0.25, 0.3) is 0 Å². The average molecular weight is 628 g/mol. The van der Waals surface area contributed by atoms with Crippen LogP contribution in [-0.2, 0) is 47.8 Å². The number of imide groups is 1. The SMILES string of the molecule is CCCCCNC(=O)CCOCCOCCNC(=O)CCN1C(=O)CC(SCCC(=O)C(C(C)=O)(C(C)=O)C(C)=O)C1=O. The summed E-state index contributed by atoms with van der Waals surface area (Å²) in [7, 11) is 0. The van der Waals surface area contributed by atoms with Gasteiger partial charge in [0, 0.05) is 51.1 Å². The highest BCUT2D eigenvalue weighted by atomic mass is 32.2. The maximum atomic E-state index is 12.7. The van der Waals surface area contributed by atoms with Crippen molar-refractivity contribution in [1.29, 1.82) is 0 Å². The Morgan fingerprint density at radius 1 is 0.814 bits per heavy atom. The molecule has 0 aliphatic carbocycles. The summed E-state index contributed by atoms with van der Waals surface area (Å²) in [5.74, 6) is -4.65. The summed E-state index contributed by atoms with van der Waals surface area (Å²) < 4.78 is 10.7. The summed E-state index contributed by atoms with van der Waals surface area (Å²) in [4.78, 5) is 98.7. The monoisotopic (exact) mass is 627 g/mol. The van der Waals surface area contributed by atoms with Crippen LogP contribution in [-0.4, -0.2) is 109 Å². The van der Waals surface area contributed by atoms with E-state index >= 15 is 0 Å². The Morgan fingerprint density at radius 2 is 1.40 bits per heavy atom. The number of Topliss-reactive ketones (excluding diaryl/α,β-unsaturated/α-hetero) is 4. The van der Waals surface area contributed by atoms with Crippen LogP contribution in [0.4, 0.5) is 0 Å². The van der Waals surface area contributed by atoms with E-state index in [0.717, 1.165) is 56.7 Å². The van der Waals surface area contributed by atoms with Crippen LogP contribution in [0, 0.1) is 5.41 Å². The van der Waals surface area contributed by atoms with E-state index in [1.54, 1.807) is 0 Å². The van der Waals surface area contributed by atoms with Crippen LogP contribution in [0.1, 0.15) is 72.6 Å². The number of thioether (sulfide) groups is 1. The standard InChI is InChI=1S/C29H45N3O10S/c1-5-6-7-11-30-26(38)9-14-41-16-17-42-15-12-31-25(37)8-13-32-27(39)19-23(28(32)40)43-18-10-24(36)29(20(2)33,21(3)34)22(4)35/h23H,5-19H2,1-4H3,(H,30,38)(H,31,37). The zero-order valence-electron chi connectivity index (χ0n) is 25.6. The number of nitrogens with one attached hydrogen (secondary N) is 2. The maximum Gasteiger partial charge on any atom is 0.242 e. The van der Waals surface area contributed by atoms with Crippen molar-refractivity contribution in [2.45, 2.75) is 77.9 Å². The molecule has 43 heavy (non-hydrogen) atoms. The van der Waals surface area contributed by atoms with Crippen molar-refractivity contribution >= 4 is 58.5 Å². The molecule has 0 bridgehead atoms. The number of hydrogen-bond donors (Lipinski definition) is 2. The number of rotatable bonds is 24. The van der Waals surface area contributed by atoms with E-state index in [2.05, 4.69) is 17.6 Å². The molecule has 13 nitrogen and oxygen atoms in total. The van der Waals surface area contributed by atoms with Crippen molar-refractivity contribution in [3.63, 3.8) is 0 Å². The molecule has 4 amide bonds. The van der Waals surface area contributed by atoms with E-state index in [1.807, 2.05) is 0 Å². The van der Waals surface area contributed by atoms with Crippen molar-refractivity contribution in [3.8, 4) is 0 Å². The molecule has 1 unspecified atom stereocenters. The van der Waals surface area contributed by atoms with Gasteiger partial charge in [-0.05, 0) is 27.2 Å². The number of carbonyl (C=O) groups excluding carboxylic acids is 8. The van der Waals surface area contributed by atoms with Gasteiger partial charge in [-0.3, -0.25) is 43.3 Å². The van der Waals surface area contributed by atoms with Crippen LogP contribution in [0.5, 0.6) is 0 Å². The van der Waals surface area contributed by atoms with Crippen LogP contribution < -0.4 is 10.6 Å². The first kappa shape index (κ1) is 38.1. The van der Waals surface area contributed by atoms with Gasteiger partial charge in [0.15, 0.2) is 23.1 Å². The van der Waals surface area contributed by atoms with Gasteiger partial charge in [0.2, 0.25) is 29.0 Å². The van der Waals surface area contributed by atoms with E-state index in [9.17, 15) is 38.4 Å². The van der Waals surface area contributed by atoms with Crippen LogP contribution in [0.15, 0.2) is 0 Å². The molecule has 1 rings (SSSR count). The molecule has 1 aliphatic heterocycles. The number of amides is 4. The smallest absolute Gasteiger partial charge is 0.242 e. The molecule has 0 radical (unpaired) electrons. The summed E-state index contributed by atoms with van der Waals surface area (Å²) in [6.07, 6.45) is 2.94. The first-order valence-corrected chi connectivity index (χ1v) is 15.6. The number of ether oxygens (including phenoxy) is 2. The van der Waals surface area contributed by atoms with Crippen LogP contribution in [0.2, 0.25) is 0 Å². The van der Waals surface area contributed by atoms with Gasteiger partial charge >= 0.3 is 0 Å². The van der Waals surface area contributed by atoms with Crippen molar-refractivity contribution < 1.29 is 47.8 Å². The molecule has 0 aromatic heterocycles. The summed E-state index contributed by atoms with van der Waals surface area (Å²) >= 11 is 1.03. The first-order valence-electron chi connectivity index (χ1n) is 14.6. The molecule has 1 heterocycles. The predicted octanol–water partition coefficient (Wildman–Crippen LogP) is 0.796. The second-order valence-corrected chi connectivity index (χ2v) is 11.5. The Labute approximate surface area is 256 Å². The third-order valence-corrected chi connectivity index (χ3v) is 8.14. The largest absolute Gasteiger partial charge is 0.379 e. The lowest BCUT2D eigenvalue weighted by molar-refractivity contribution is -0.153. The lowest BCUT2D eigenvalue weighted by atomic mass is 9.72. The zero-order valence-corrected chi connectivity index (χ0v) is 26.4. The number of hydrogen-bond acceptors (Lipinski definition) is 11. The van der Waals surface area contributed by atoms with E-state index in [0.29, 0.717) is 26.4 Å². The highest BCUT2D eigenvalue weighted by Gasteiger charge is 2.51. The van der Waals surface area contributed by atoms with Gasteiger partial charge in [-0.2, -0.15) is 0 Å². The molecular weight excluding hydrogens is 582 g/mol. The van der Waals surface area contributed by atoms with Crippen LogP contribution in [0.3, 0.4) is 0 Å². The van der Waals surface area contributed by atoms with Crippen molar-refractivity contribution in [1.82, 2.24) is 15.5 Å². The van der Waals surface area contributed by atoms with Crippen LogP contribution in [0.25, 0.3) is 0 Å². The van der Waals surface area contributed by atoms with Gasteiger partial charge in [-0.15, -0.1) is 11.8 Å². The van der Waals surface area contributed by atoms with Gasteiger partial charge in [-0.1, -0.05) is 19.8 Å². The summed E-state index contributed by atoms with van der Waals surface area (Å²) in [5.41, 5.74) is -2.33. The lowest BCUT2D eigenvalue weighted by Gasteiger charge is -2.24. The maximum absolute atomic E-state index is 12.7. The highest BCUT2D eigenvalue weighted by Crippen LogP contribution is 2.29. The Bertz CT molecular complexity index is 996. The van der Waals surface area contributed by atoms with Crippen LogP contribution >= 0.6 is 11.8 Å². The first-order chi connectivity index (χ1) is 20.4. The van der Waals surface area contributed by atoms with E-state index in [-0.39, 0.29) is 62.9 Å². The van der Waals surface area contributed by atoms with E-state index in [1.165, 1.54) is 0 Å². The Hall–Kier alpha value is -2.97. The van der Waals surface area contributed by atoms with Gasteiger partial charge in [-0.25, -0.2) is 0 Å². The van der Waals surface area contributed by atoms with Crippen molar-refractivity contribution in [2.24, 2.45) is 5.41 Å². The third-order valence-electron chi connectivity index (χ3n) is 6.93. The Balaban J connectivity index is 2.25. The zero-order chi connectivity index (χ0) is 32.4. The predicted molar refractivity (Wildman–Crippen MR) is 158 cm³/mol. The molecule has 1 aliphatic rings. The fourth-order valence-electron chi connectivity index (χ4n) is 4.57. The topological polar surface area (TPSA) is 182 Å². The quantitative estimate of drug-likeness (QED) is 0.0877. The summed E-state index contributed by atoms with van der Waals surface area (Å²) in [6.45, 7) is 7.12. The number of likely N-dealkylation sites (tertiary alicyclic amines) is 1. The second-order valence-electron chi connectivity index (χ2n) is 10.2. The summed E-state index contributed by atoms with van der Waals surface area (Å²) in [6, 6.07) is 0. The number of nitrogens with zero attached hydrogens (tertiary/aromatic N) is 1. The minimum absolute atomic E-state index is 0.0337. The fourth-order valence-corrected chi connectivity index (χ4v) is 5.69.